The normalized spacial score (nSPS) is 14.7. The topological polar surface area (TPSA) is 58.6 Å². The Morgan fingerprint density at radius 2 is 2.00 bits per heavy atom. The third kappa shape index (κ3) is 4.58. The number of esters is 1. The maximum Gasteiger partial charge on any atom is 0.323 e. The molecule has 5 heteroatoms. The van der Waals surface area contributed by atoms with E-state index >= 15 is 0 Å². The number of benzene rings is 1. The molecule has 0 aliphatic heterocycles. The lowest BCUT2D eigenvalue weighted by Gasteiger charge is -2.30. The van der Waals surface area contributed by atoms with Gasteiger partial charge in [0.25, 0.3) is 0 Å². The van der Waals surface area contributed by atoms with Gasteiger partial charge in [0.1, 0.15) is 6.04 Å². The summed E-state index contributed by atoms with van der Waals surface area (Å²) < 4.78 is 5.66. The summed E-state index contributed by atoms with van der Waals surface area (Å²) in [6.45, 7) is 6.13. The van der Waals surface area contributed by atoms with Crippen LogP contribution in [0.5, 0.6) is 0 Å². The van der Waals surface area contributed by atoms with E-state index in [0.717, 1.165) is 10.0 Å². The standard InChI is InChI=1S/C15H22BrNO3/c1-15(2,3)13(14(19)20-4)17-9-12(18)10-7-5-6-8-11(10)16/h5-8,12-13,17-18H,9H2,1-4H3. The Balaban J connectivity index is 2.73. The van der Waals surface area contributed by atoms with Gasteiger partial charge in [0.05, 0.1) is 13.2 Å². The fraction of sp³-hybridized carbons (Fsp3) is 0.533. The van der Waals surface area contributed by atoms with Crippen molar-refractivity contribution in [1.82, 2.24) is 5.32 Å². The summed E-state index contributed by atoms with van der Waals surface area (Å²) in [6, 6.07) is 7.01. The second-order valence-corrected chi connectivity index (χ2v) is 6.62. The van der Waals surface area contributed by atoms with Crippen LogP contribution in [0.25, 0.3) is 0 Å². The Morgan fingerprint density at radius 1 is 1.40 bits per heavy atom. The molecule has 0 aromatic heterocycles. The molecule has 2 atom stereocenters. The molecule has 0 radical (unpaired) electrons. The predicted molar refractivity (Wildman–Crippen MR) is 82.4 cm³/mol. The average Bonchev–Trinajstić information content (AvgIpc) is 2.37. The van der Waals surface area contributed by atoms with Crippen molar-refractivity contribution in [2.24, 2.45) is 5.41 Å². The van der Waals surface area contributed by atoms with E-state index in [2.05, 4.69) is 21.2 Å². The highest BCUT2D eigenvalue weighted by atomic mass is 79.9. The number of carbonyl (C=O) groups excluding carboxylic acids is 1. The molecule has 0 amide bonds. The predicted octanol–water partition coefficient (Wildman–Crippen LogP) is 2.66. The molecule has 0 aliphatic carbocycles. The first-order valence-electron chi connectivity index (χ1n) is 6.51. The Morgan fingerprint density at radius 3 is 2.50 bits per heavy atom. The minimum absolute atomic E-state index is 0.277. The molecular formula is C15H22BrNO3. The van der Waals surface area contributed by atoms with Crippen LogP contribution in [0.15, 0.2) is 28.7 Å². The zero-order valence-electron chi connectivity index (χ0n) is 12.3. The molecule has 1 rings (SSSR count). The maximum absolute atomic E-state index is 11.8. The smallest absolute Gasteiger partial charge is 0.323 e. The minimum Gasteiger partial charge on any atom is -0.468 e. The van der Waals surface area contributed by atoms with Crippen molar-refractivity contribution in [3.05, 3.63) is 34.3 Å². The van der Waals surface area contributed by atoms with E-state index in [9.17, 15) is 9.90 Å². The molecule has 1 aromatic carbocycles. The fourth-order valence-corrected chi connectivity index (χ4v) is 2.49. The minimum atomic E-state index is -0.694. The summed E-state index contributed by atoms with van der Waals surface area (Å²) in [5, 5.41) is 13.3. The third-order valence-corrected chi connectivity index (χ3v) is 3.80. The van der Waals surface area contributed by atoms with Gasteiger partial charge in [-0.05, 0) is 17.0 Å². The van der Waals surface area contributed by atoms with Crippen LogP contribution in [0.3, 0.4) is 0 Å². The van der Waals surface area contributed by atoms with Crippen molar-refractivity contribution >= 4 is 21.9 Å². The van der Waals surface area contributed by atoms with E-state index in [1.165, 1.54) is 7.11 Å². The molecule has 1 aromatic rings. The molecule has 112 valence electrons. The molecule has 0 bridgehead atoms. The summed E-state index contributed by atoms with van der Waals surface area (Å²) in [5.74, 6) is -0.322. The Kier molecular flexibility index (Phi) is 6.17. The lowest BCUT2D eigenvalue weighted by atomic mass is 9.86. The molecule has 4 nitrogen and oxygen atoms in total. The number of ether oxygens (including phenoxy) is 1. The summed E-state index contributed by atoms with van der Waals surface area (Å²) in [6.07, 6.45) is -0.694. The number of carbonyl (C=O) groups is 1. The molecule has 0 fully saturated rings. The van der Waals surface area contributed by atoms with Gasteiger partial charge in [-0.3, -0.25) is 4.79 Å². The Hall–Kier alpha value is -0.910. The zero-order valence-corrected chi connectivity index (χ0v) is 13.9. The molecule has 20 heavy (non-hydrogen) atoms. The molecule has 2 N–H and O–H groups in total. The molecule has 0 heterocycles. The van der Waals surface area contributed by atoms with E-state index in [0.29, 0.717) is 0 Å². The summed E-state index contributed by atoms with van der Waals surface area (Å²) in [4.78, 5) is 11.8. The van der Waals surface area contributed by atoms with Crippen molar-refractivity contribution in [3.63, 3.8) is 0 Å². The van der Waals surface area contributed by atoms with Crippen LogP contribution >= 0.6 is 15.9 Å². The number of methoxy groups -OCH3 is 1. The number of nitrogens with one attached hydrogen (secondary N) is 1. The van der Waals surface area contributed by atoms with Crippen LogP contribution in [0.4, 0.5) is 0 Å². The van der Waals surface area contributed by atoms with Crippen LogP contribution in [0.1, 0.15) is 32.4 Å². The molecule has 2 unspecified atom stereocenters. The summed E-state index contributed by atoms with van der Waals surface area (Å²) in [7, 11) is 1.37. The van der Waals surface area contributed by atoms with Crippen LogP contribution in [-0.4, -0.2) is 30.8 Å². The fourth-order valence-electron chi connectivity index (χ4n) is 1.95. The largest absolute Gasteiger partial charge is 0.468 e. The highest BCUT2D eigenvalue weighted by Crippen LogP contribution is 2.24. The molecule has 0 spiro atoms. The van der Waals surface area contributed by atoms with Crippen molar-refractivity contribution in [3.8, 4) is 0 Å². The van der Waals surface area contributed by atoms with Gasteiger partial charge in [0.15, 0.2) is 0 Å². The van der Waals surface area contributed by atoms with Gasteiger partial charge in [0.2, 0.25) is 0 Å². The highest BCUT2D eigenvalue weighted by molar-refractivity contribution is 9.10. The van der Waals surface area contributed by atoms with E-state index in [1.807, 2.05) is 45.0 Å². The quantitative estimate of drug-likeness (QED) is 0.807. The first-order valence-corrected chi connectivity index (χ1v) is 7.30. The Bertz CT molecular complexity index is 457. The van der Waals surface area contributed by atoms with E-state index in [4.69, 9.17) is 4.74 Å². The van der Waals surface area contributed by atoms with Gasteiger partial charge in [-0.2, -0.15) is 0 Å². The van der Waals surface area contributed by atoms with Crippen LogP contribution in [0.2, 0.25) is 0 Å². The van der Waals surface area contributed by atoms with Crippen molar-refractivity contribution in [2.75, 3.05) is 13.7 Å². The van der Waals surface area contributed by atoms with Crippen molar-refractivity contribution < 1.29 is 14.6 Å². The van der Waals surface area contributed by atoms with Gasteiger partial charge in [0, 0.05) is 11.0 Å². The molecule has 0 aliphatic rings. The number of hydrogen-bond acceptors (Lipinski definition) is 4. The first kappa shape index (κ1) is 17.1. The van der Waals surface area contributed by atoms with Gasteiger partial charge in [-0.25, -0.2) is 0 Å². The van der Waals surface area contributed by atoms with Gasteiger partial charge in [-0.1, -0.05) is 54.9 Å². The van der Waals surface area contributed by atoms with E-state index < -0.39 is 12.1 Å². The van der Waals surface area contributed by atoms with E-state index in [-0.39, 0.29) is 17.9 Å². The second kappa shape index (κ2) is 7.20. The van der Waals surface area contributed by atoms with Gasteiger partial charge >= 0.3 is 5.97 Å². The molecular weight excluding hydrogens is 322 g/mol. The maximum atomic E-state index is 11.8. The van der Waals surface area contributed by atoms with Crippen LogP contribution < -0.4 is 5.32 Å². The average molecular weight is 344 g/mol. The number of aliphatic hydroxyl groups excluding tert-OH is 1. The lowest BCUT2D eigenvalue weighted by molar-refractivity contribution is -0.146. The van der Waals surface area contributed by atoms with E-state index in [1.54, 1.807) is 0 Å². The number of halogens is 1. The molecule has 0 saturated heterocycles. The van der Waals surface area contributed by atoms with Gasteiger partial charge < -0.3 is 15.2 Å². The molecule has 0 saturated carbocycles. The van der Waals surface area contributed by atoms with Crippen LogP contribution in [0, 0.1) is 5.41 Å². The van der Waals surface area contributed by atoms with Crippen LogP contribution in [-0.2, 0) is 9.53 Å². The number of hydrogen-bond donors (Lipinski definition) is 2. The highest BCUT2D eigenvalue weighted by Gasteiger charge is 2.32. The summed E-state index contributed by atoms with van der Waals surface area (Å²) >= 11 is 3.41. The van der Waals surface area contributed by atoms with Crippen molar-refractivity contribution in [1.29, 1.82) is 0 Å². The monoisotopic (exact) mass is 343 g/mol. The Labute approximate surface area is 128 Å². The number of aliphatic hydroxyl groups is 1. The lowest BCUT2D eigenvalue weighted by Crippen LogP contribution is -2.48. The zero-order chi connectivity index (χ0) is 15.3. The second-order valence-electron chi connectivity index (χ2n) is 5.77. The SMILES string of the molecule is COC(=O)C(NCC(O)c1ccccc1Br)C(C)(C)C. The van der Waals surface area contributed by atoms with Gasteiger partial charge in [-0.15, -0.1) is 0 Å². The third-order valence-electron chi connectivity index (χ3n) is 3.08. The van der Waals surface area contributed by atoms with Crippen molar-refractivity contribution in [2.45, 2.75) is 32.9 Å². The number of rotatable bonds is 5. The summed E-state index contributed by atoms with van der Waals surface area (Å²) in [5.41, 5.74) is 0.498. The first-order chi connectivity index (χ1) is 9.27.